The molecular formula is C20H21N3O4S. The molecule has 3 aromatic rings. The number of fused-ring (bicyclic) bond motifs is 1. The minimum Gasteiger partial charge on any atom is -0.465 e. The zero-order valence-electron chi connectivity index (χ0n) is 15.5. The predicted octanol–water partition coefficient (Wildman–Crippen LogP) is 3.19. The number of aromatic nitrogens is 2. The Balaban J connectivity index is 1.66. The zero-order chi connectivity index (χ0) is 19.7. The van der Waals surface area contributed by atoms with Crippen molar-refractivity contribution in [3.63, 3.8) is 0 Å². The van der Waals surface area contributed by atoms with Crippen LogP contribution in [0.15, 0.2) is 47.6 Å². The average molecular weight is 399 g/mol. The quantitative estimate of drug-likeness (QED) is 0.680. The van der Waals surface area contributed by atoms with Crippen LogP contribution in [0.3, 0.4) is 0 Å². The maximum absolute atomic E-state index is 12.8. The summed E-state index contributed by atoms with van der Waals surface area (Å²) < 4.78 is 31.9. The summed E-state index contributed by atoms with van der Waals surface area (Å²) in [6.07, 6.45) is 6.15. The van der Waals surface area contributed by atoms with E-state index in [1.165, 1.54) is 7.11 Å². The number of hydrogen-bond donors (Lipinski definition) is 1. The molecule has 7 nitrogen and oxygen atoms in total. The standard InChI is InChI=1S/C20H21N3O4S/c1-27-20(24)18-13-22-19-17(18)11-15(12-21-19)14-5-7-16(8-6-14)28(25,26)23-9-3-2-4-10-23/h5-8,11-13H,2-4,9-10H2,1H3,(H,21,22). The number of pyridine rings is 1. The topological polar surface area (TPSA) is 92.4 Å². The number of rotatable bonds is 4. The molecule has 4 rings (SSSR count). The van der Waals surface area contributed by atoms with Crippen LogP contribution in [0.4, 0.5) is 0 Å². The number of sulfonamides is 1. The van der Waals surface area contributed by atoms with Gasteiger partial charge >= 0.3 is 5.97 Å². The van der Waals surface area contributed by atoms with Gasteiger partial charge < -0.3 is 9.72 Å². The van der Waals surface area contributed by atoms with Crippen molar-refractivity contribution < 1.29 is 17.9 Å². The van der Waals surface area contributed by atoms with Gasteiger partial charge in [-0.1, -0.05) is 18.6 Å². The average Bonchev–Trinajstić information content (AvgIpc) is 3.17. The largest absolute Gasteiger partial charge is 0.465 e. The monoisotopic (exact) mass is 399 g/mol. The lowest BCUT2D eigenvalue weighted by atomic mass is 10.1. The van der Waals surface area contributed by atoms with E-state index >= 15 is 0 Å². The summed E-state index contributed by atoms with van der Waals surface area (Å²) in [4.78, 5) is 19.5. The van der Waals surface area contributed by atoms with Crippen LogP contribution >= 0.6 is 0 Å². The van der Waals surface area contributed by atoms with Crippen LogP contribution in [0, 0.1) is 0 Å². The fraction of sp³-hybridized carbons (Fsp3) is 0.300. The van der Waals surface area contributed by atoms with E-state index < -0.39 is 16.0 Å². The van der Waals surface area contributed by atoms with E-state index in [0.717, 1.165) is 30.4 Å². The van der Waals surface area contributed by atoms with Gasteiger partial charge in [0.15, 0.2) is 0 Å². The maximum Gasteiger partial charge on any atom is 0.340 e. The van der Waals surface area contributed by atoms with Gasteiger partial charge in [-0.2, -0.15) is 4.31 Å². The lowest BCUT2D eigenvalue weighted by molar-refractivity contribution is 0.0603. The summed E-state index contributed by atoms with van der Waals surface area (Å²) in [7, 11) is -2.12. The molecule has 0 atom stereocenters. The number of piperidine rings is 1. The number of esters is 1. The van der Waals surface area contributed by atoms with Crippen molar-refractivity contribution in [2.45, 2.75) is 24.2 Å². The van der Waals surface area contributed by atoms with Gasteiger partial charge in [-0.05, 0) is 36.6 Å². The molecule has 0 bridgehead atoms. The van der Waals surface area contributed by atoms with Gasteiger partial charge in [0.2, 0.25) is 10.0 Å². The van der Waals surface area contributed by atoms with Gasteiger partial charge in [-0.15, -0.1) is 0 Å². The minimum absolute atomic E-state index is 0.295. The first-order valence-electron chi connectivity index (χ1n) is 9.17. The lowest BCUT2D eigenvalue weighted by Gasteiger charge is -2.25. The van der Waals surface area contributed by atoms with Crippen molar-refractivity contribution >= 4 is 27.0 Å². The Labute approximate surface area is 163 Å². The molecule has 0 amide bonds. The second-order valence-electron chi connectivity index (χ2n) is 6.80. The van der Waals surface area contributed by atoms with E-state index in [2.05, 4.69) is 9.97 Å². The molecule has 1 aromatic carbocycles. The Bertz CT molecular complexity index is 1110. The number of nitrogens with zero attached hydrogens (tertiary/aromatic N) is 2. The molecule has 28 heavy (non-hydrogen) atoms. The number of hydrogen-bond acceptors (Lipinski definition) is 5. The van der Waals surface area contributed by atoms with Gasteiger partial charge in [-0.25, -0.2) is 18.2 Å². The molecule has 146 valence electrons. The number of ether oxygens (including phenoxy) is 1. The van der Waals surface area contributed by atoms with Gasteiger partial charge in [0.05, 0.1) is 17.6 Å². The van der Waals surface area contributed by atoms with Crippen LogP contribution in [0.2, 0.25) is 0 Å². The van der Waals surface area contributed by atoms with Crippen LogP contribution in [0.1, 0.15) is 29.6 Å². The van der Waals surface area contributed by atoms with Crippen LogP contribution in [-0.4, -0.2) is 48.9 Å². The molecule has 2 aromatic heterocycles. The first-order chi connectivity index (χ1) is 13.5. The highest BCUT2D eigenvalue weighted by atomic mass is 32.2. The summed E-state index contributed by atoms with van der Waals surface area (Å²) in [6, 6.07) is 8.64. The number of benzene rings is 1. The predicted molar refractivity (Wildman–Crippen MR) is 105 cm³/mol. The third-order valence-corrected chi connectivity index (χ3v) is 6.99. The fourth-order valence-corrected chi connectivity index (χ4v) is 5.03. The Kier molecular flexibility index (Phi) is 4.91. The number of aromatic amines is 1. The van der Waals surface area contributed by atoms with E-state index in [0.29, 0.717) is 34.6 Å². The summed E-state index contributed by atoms with van der Waals surface area (Å²) in [5, 5.41) is 0.661. The van der Waals surface area contributed by atoms with E-state index in [9.17, 15) is 13.2 Å². The maximum atomic E-state index is 12.8. The van der Waals surface area contributed by atoms with Crippen LogP contribution in [0.25, 0.3) is 22.2 Å². The molecule has 0 radical (unpaired) electrons. The van der Waals surface area contributed by atoms with Gasteiger partial charge in [0.1, 0.15) is 5.65 Å². The summed E-state index contributed by atoms with van der Waals surface area (Å²) >= 11 is 0. The molecule has 3 heterocycles. The number of nitrogens with one attached hydrogen (secondary N) is 1. The molecule has 1 fully saturated rings. The van der Waals surface area contributed by atoms with Gasteiger partial charge in [0.25, 0.3) is 0 Å². The Hall–Kier alpha value is -2.71. The Morgan fingerprint density at radius 3 is 2.50 bits per heavy atom. The number of H-pyrrole nitrogens is 1. The first kappa shape index (κ1) is 18.6. The Morgan fingerprint density at radius 1 is 1.11 bits per heavy atom. The molecule has 0 saturated carbocycles. The summed E-state index contributed by atoms with van der Waals surface area (Å²) in [5.74, 6) is -0.437. The van der Waals surface area contributed by atoms with Crippen LogP contribution < -0.4 is 0 Å². The van der Waals surface area contributed by atoms with Crippen LogP contribution in [-0.2, 0) is 14.8 Å². The van der Waals surface area contributed by atoms with E-state index in [4.69, 9.17) is 4.74 Å². The molecule has 1 saturated heterocycles. The van der Waals surface area contributed by atoms with Crippen molar-refractivity contribution in [3.8, 4) is 11.1 Å². The second-order valence-corrected chi connectivity index (χ2v) is 8.74. The molecule has 1 aliphatic heterocycles. The zero-order valence-corrected chi connectivity index (χ0v) is 16.3. The van der Waals surface area contributed by atoms with E-state index in [1.54, 1.807) is 41.0 Å². The molecule has 8 heteroatoms. The highest BCUT2D eigenvalue weighted by molar-refractivity contribution is 7.89. The van der Waals surface area contributed by atoms with Crippen LogP contribution in [0.5, 0.6) is 0 Å². The summed E-state index contributed by atoms with van der Waals surface area (Å²) in [5.41, 5.74) is 2.62. The fourth-order valence-electron chi connectivity index (χ4n) is 3.51. The van der Waals surface area contributed by atoms with Crippen molar-refractivity contribution in [2.75, 3.05) is 20.2 Å². The van der Waals surface area contributed by atoms with Crippen molar-refractivity contribution in [3.05, 3.63) is 48.3 Å². The third-order valence-electron chi connectivity index (χ3n) is 5.08. The van der Waals surface area contributed by atoms with Gasteiger partial charge in [-0.3, -0.25) is 0 Å². The third kappa shape index (κ3) is 3.29. The molecule has 0 unspecified atom stereocenters. The first-order valence-corrected chi connectivity index (χ1v) is 10.6. The molecular weight excluding hydrogens is 378 g/mol. The SMILES string of the molecule is COC(=O)c1c[nH]c2ncc(-c3ccc(S(=O)(=O)N4CCCCC4)cc3)cc12. The molecule has 0 spiro atoms. The van der Waals surface area contributed by atoms with Gasteiger partial charge in [0, 0.05) is 36.4 Å². The lowest BCUT2D eigenvalue weighted by Crippen LogP contribution is -2.35. The summed E-state index contributed by atoms with van der Waals surface area (Å²) in [6.45, 7) is 1.16. The number of methoxy groups -OCH3 is 1. The number of carbonyl (C=O) groups is 1. The molecule has 0 aliphatic carbocycles. The normalized spacial score (nSPS) is 15.6. The smallest absolute Gasteiger partial charge is 0.340 e. The molecule has 1 N–H and O–H groups in total. The van der Waals surface area contributed by atoms with E-state index in [1.807, 2.05) is 6.07 Å². The Morgan fingerprint density at radius 2 is 1.82 bits per heavy atom. The van der Waals surface area contributed by atoms with Crippen molar-refractivity contribution in [1.29, 1.82) is 0 Å². The van der Waals surface area contributed by atoms with Crippen molar-refractivity contribution in [2.24, 2.45) is 0 Å². The highest BCUT2D eigenvalue weighted by Gasteiger charge is 2.25. The molecule has 1 aliphatic rings. The van der Waals surface area contributed by atoms with Crippen molar-refractivity contribution in [1.82, 2.24) is 14.3 Å². The minimum atomic E-state index is -3.46. The number of carbonyl (C=O) groups excluding carboxylic acids is 1. The highest BCUT2D eigenvalue weighted by Crippen LogP contribution is 2.27. The van der Waals surface area contributed by atoms with E-state index in [-0.39, 0.29) is 0 Å². The second kappa shape index (κ2) is 7.37.